The molecule has 1 aromatic carbocycles. The first-order chi connectivity index (χ1) is 9.62. The van der Waals surface area contributed by atoms with Crippen LogP contribution in [0.1, 0.15) is 11.3 Å². The van der Waals surface area contributed by atoms with Crippen molar-refractivity contribution in [1.29, 1.82) is 5.26 Å². The molecule has 0 unspecified atom stereocenters. The molecular formula is C13H13N3O3S. The minimum Gasteiger partial charge on any atom is -0.364 e. The third-order valence-electron chi connectivity index (χ3n) is 2.69. The Bertz CT molecular complexity index is 685. The largest absolute Gasteiger partial charge is 0.364 e. The Morgan fingerprint density at radius 3 is 2.60 bits per heavy atom. The van der Waals surface area contributed by atoms with E-state index in [0.717, 1.165) is 5.69 Å². The quantitative estimate of drug-likeness (QED) is 0.801. The van der Waals surface area contributed by atoms with E-state index in [9.17, 15) is 8.42 Å². The monoisotopic (exact) mass is 291 g/mol. The minimum atomic E-state index is -3.34. The summed E-state index contributed by atoms with van der Waals surface area (Å²) in [6, 6.07) is 9.55. The predicted molar refractivity (Wildman–Crippen MR) is 71.4 cm³/mol. The van der Waals surface area contributed by atoms with Gasteiger partial charge in [0, 0.05) is 19.2 Å². The lowest BCUT2D eigenvalue weighted by atomic mass is 10.2. The molecule has 0 saturated carbocycles. The van der Waals surface area contributed by atoms with Gasteiger partial charge < -0.3 is 9.84 Å². The van der Waals surface area contributed by atoms with Gasteiger partial charge in [0.25, 0.3) is 0 Å². The normalized spacial score (nSPS) is 11.2. The summed E-state index contributed by atoms with van der Waals surface area (Å²) < 4.78 is 28.7. The van der Waals surface area contributed by atoms with Crippen molar-refractivity contribution in [3.8, 4) is 6.07 Å². The average molecular weight is 291 g/mol. The number of sulfone groups is 1. The van der Waals surface area contributed by atoms with Gasteiger partial charge in [-0.1, -0.05) is 5.16 Å². The van der Waals surface area contributed by atoms with Crippen molar-refractivity contribution < 1.29 is 12.9 Å². The summed E-state index contributed by atoms with van der Waals surface area (Å²) in [4.78, 5) is 0.222. The number of hydrogen-bond acceptors (Lipinski definition) is 6. The highest BCUT2D eigenvalue weighted by Gasteiger charge is 2.13. The standard InChI is InChI=1S/C13H13N3O3S/c14-9-11-1-3-13(4-2-11)20(17,18)8-6-15-10-12-5-7-19-16-12/h1-5,7,15H,6,8,10H2. The number of hydrogen-bond donors (Lipinski definition) is 1. The second-order valence-corrected chi connectivity index (χ2v) is 6.23. The highest BCUT2D eigenvalue weighted by atomic mass is 32.2. The minimum absolute atomic E-state index is 0.0171. The van der Waals surface area contributed by atoms with Crippen molar-refractivity contribution in [2.45, 2.75) is 11.4 Å². The molecule has 1 heterocycles. The van der Waals surface area contributed by atoms with Gasteiger partial charge in [-0.3, -0.25) is 0 Å². The van der Waals surface area contributed by atoms with E-state index >= 15 is 0 Å². The van der Waals surface area contributed by atoms with E-state index in [0.29, 0.717) is 18.7 Å². The van der Waals surface area contributed by atoms with Gasteiger partial charge in [-0.05, 0) is 24.3 Å². The van der Waals surface area contributed by atoms with Crippen molar-refractivity contribution in [2.75, 3.05) is 12.3 Å². The molecule has 0 bridgehead atoms. The van der Waals surface area contributed by atoms with E-state index in [-0.39, 0.29) is 10.6 Å². The van der Waals surface area contributed by atoms with Crippen LogP contribution in [0.25, 0.3) is 0 Å². The van der Waals surface area contributed by atoms with Crippen molar-refractivity contribution in [2.24, 2.45) is 0 Å². The Kier molecular flexibility index (Phi) is 4.50. The number of nitrogens with one attached hydrogen (secondary N) is 1. The highest BCUT2D eigenvalue weighted by Crippen LogP contribution is 2.11. The first kappa shape index (κ1) is 14.2. The fourth-order valence-electron chi connectivity index (χ4n) is 1.61. The van der Waals surface area contributed by atoms with Crippen LogP contribution in [0.5, 0.6) is 0 Å². The lowest BCUT2D eigenvalue weighted by Gasteiger charge is -2.05. The van der Waals surface area contributed by atoms with E-state index in [1.165, 1.54) is 30.5 Å². The molecule has 0 saturated heterocycles. The molecule has 0 amide bonds. The maximum atomic E-state index is 12.0. The van der Waals surface area contributed by atoms with Crippen LogP contribution in [0.15, 0.2) is 46.0 Å². The summed E-state index contributed by atoms with van der Waals surface area (Å²) in [5.74, 6) is -0.0171. The van der Waals surface area contributed by atoms with Crippen molar-refractivity contribution in [1.82, 2.24) is 10.5 Å². The second kappa shape index (κ2) is 6.32. The zero-order valence-electron chi connectivity index (χ0n) is 10.6. The van der Waals surface area contributed by atoms with Crippen LogP contribution in [-0.4, -0.2) is 25.9 Å². The molecule has 104 valence electrons. The maximum absolute atomic E-state index is 12.0. The molecule has 2 aromatic rings. The van der Waals surface area contributed by atoms with Crippen LogP contribution < -0.4 is 5.32 Å². The molecule has 0 aliphatic rings. The third-order valence-corrected chi connectivity index (χ3v) is 4.42. The summed E-state index contributed by atoms with van der Waals surface area (Å²) >= 11 is 0. The van der Waals surface area contributed by atoms with Gasteiger partial charge in [-0.15, -0.1) is 0 Å². The van der Waals surface area contributed by atoms with E-state index in [2.05, 4.69) is 15.0 Å². The Hall–Kier alpha value is -2.17. The van der Waals surface area contributed by atoms with Crippen molar-refractivity contribution in [3.05, 3.63) is 47.9 Å². The van der Waals surface area contributed by atoms with Gasteiger partial charge in [-0.25, -0.2) is 8.42 Å². The van der Waals surface area contributed by atoms with Crippen LogP contribution in [0.2, 0.25) is 0 Å². The smallest absolute Gasteiger partial charge is 0.179 e. The summed E-state index contributed by atoms with van der Waals surface area (Å²) in [5, 5.41) is 15.4. The summed E-state index contributed by atoms with van der Waals surface area (Å²) in [6.07, 6.45) is 1.46. The molecule has 0 aliphatic heterocycles. The van der Waals surface area contributed by atoms with E-state index in [1.54, 1.807) is 6.07 Å². The second-order valence-electron chi connectivity index (χ2n) is 4.12. The van der Waals surface area contributed by atoms with Crippen LogP contribution >= 0.6 is 0 Å². The molecule has 0 aliphatic carbocycles. The van der Waals surface area contributed by atoms with Gasteiger partial charge >= 0.3 is 0 Å². The zero-order valence-corrected chi connectivity index (χ0v) is 11.4. The number of nitrogens with zero attached hydrogens (tertiary/aromatic N) is 2. The summed E-state index contributed by atoms with van der Waals surface area (Å²) in [6.45, 7) is 0.772. The van der Waals surface area contributed by atoms with E-state index in [1.807, 2.05) is 6.07 Å². The molecule has 0 radical (unpaired) electrons. The van der Waals surface area contributed by atoms with E-state index < -0.39 is 9.84 Å². The van der Waals surface area contributed by atoms with Crippen molar-refractivity contribution >= 4 is 9.84 Å². The van der Waals surface area contributed by atoms with Gasteiger partial charge in [0.1, 0.15) is 6.26 Å². The molecule has 7 heteroatoms. The Balaban J connectivity index is 1.88. The van der Waals surface area contributed by atoms with Crippen LogP contribution in [0.3, 0.4) is 0 Å². The van der Waals surface area contributed by atoms with Gasteiger partial charge in [-0.2, -0.15) is 5.26 Å². The first-order valence-corrected chi connectivity index (χ1v) is 7.60. The van der Waals surface area contributed by atoms with Crippen LogP contribution in [-0.2, 0) is 16.4 Å². The molecule has 2 rings (SSSR count). The Morgan fingerprint density at radius 2 is 2.00 bits per heavy atom. The number of rotatable bonds is 6. The van der Waals surface area contributed by atoms with Crippen molar-refractivity contribution in [3.63, 3.8) is 0 Å². The molecular weight excluding hydrogens is 278 g/mol. The number of benzene rings is 1. The lowest BCUT2D eigenvalue weighted by Crippen LogP contribution is -2.22. The summed E-state index contributed by atoms with van der Waals surface area (Å²) in [7, 11) is -3.34. The zero-order chi connectivity index (χ0) is 14.4. The van der Waals surface area contributed by atoms with Crippen LogP contribution in [0.4, 0.5) is 0 Å². The lowest BCUT2D eigenvalue weighted by molar-refractivity contribution is 0.409. The fourth-order valence-corrected chi connectivity index (χ4v) is 2.81. The Morgan fingerprint density at radius 1 is 1.25 bits per heavy atom. The van der Waals surface area contributed by atoms with E-state index in [4.69, 9.17) is 5.26 Å². The Labute approximate surface area is 116 Å². The SMILES string of the molecule is N#Cc1ccc(S(=O)(=O)CCNCc2ccon2)cc1. The van der Waals surface area contributed by atoms with Crippen LogP contribution in [0, 0.1) is 11.3 Å². The third kappa shape index (κ3) is 3.66. The molecule has 6 nitrogen and oxygen atoms in total. The number of aromatic nitrogens is 1. The molecule has 0 spiro atoms. The number of nitriles is 1. The predicted octanol–water partition coefficient (Wildman–Crippen LogP) is 1.11. The fraction of sp³-hybridized carbons (Fsp3) is 0.231. The molecule has 0 fully saturated rings. The maximum Gasteiger partial charge on any atom is 0.179 e. The molecule has 1 N–H and O–H groups in total. The average Bonchev–Trinajstić information content (AvgIpc) is 2.97. The topological polar surface area (TPSA) is 96.0 Å². The van der Waals surface area contributed by atoms with Gasteiger partial charge in [0.05, 0.1) is 28.0 Å². The molecule has 20 heavy (non-hydrogen) atoms. The summed E-state index contributed by atoms with van der Waals surface area (Å²) in [5.41, 5.74) is 1.16. The first-order valence-electron chi connectivity index (χ1n) is 5.95. The molecule has 0 atom stereocenters. The highest BCUT2D eigenvalue weighted by molar-refractivity contribution is 7.91. The molecule has 1 aromatic heterocycles. The van der Waals surface area contributed by atoms with Gasteiger partial charge in [0.2, 0.25) is 0 Å². The van der Waals surface area contributed by atoms with Gasteiger partial charge in [0.15, 0.2) is 9.84 Å².